The predicted molar refractivity (Wildman–Crippen MR) is 120 cm³/mol. The van der Waals surface area contributed by atoms with E-state index in [0.29, 0.717) is 22.8 Å². The Labute approximate surface area is 182 Å². The molecule has 1 aliphatic heterocycles. The Balaban J connectivity index is 1.39. The van der Waals surface area contributed by atoms with Crippen LogP contribution in [0.5, 0.6) is 0 Å². The minimum atomic E-state index is -0.138. The third-order valence-electron chi connectivity index (χ3n) is 10.1. The molecule has 8 atom stereocenters. The van der Waals surface area contributed by atoms with Crippen molar-refractivity contribution in [3.05, 3.63) is 35.9 Å². The summed E-state index contributed by atoms with van der Waals surface area (Å²) in [4.78, 5) is 15.6. The first-order chi connectivity index (χ1) is 14.3. The summed E-state index contributed by atoms with van der Waals surface area (Å²) in [5.41, 5.74) is 1.29. The molecule has 0 aromatic heterocycles. The van der Waals surface area contributed by atoms with Gasteiger partial charge in [0.1, 0.15) is 6.10 Å². The summed E-state index contributed by atoms with van der Waals surface area (Å²) in [6.45, 7) is 8.65. The second kappa shape index (κ2) is 7.36. The van der Waals surface area contributed by atoms with Crippen molar-refractivity contribution in [2.75, 3.05) is 13.6 Å². The van der Waals surface area contributed by atoms with Gasteiger partial charge in [-0.1, -0.05) is 39.0 Å². The monoisotopic (exact) mass is 409 g/mol. The number of piperidine rings is 1. The summed E-state index contributed by atoms with van der Waals surface area (Å²) in [6, 6.07) is 10.3. The summed E-state index contributed by atoms with van der Waals surface area (Å²) in [5.74, 6) is 2.66. The number of esters is 1. The first-order valence-corrected chi connectivity index (χ1v) is 12.3. The van der Waals surface area contributed by atoms with E-state index in [1.54, 1.807) is 0 Å². The lowest BCUT2D eigenvalue weighted by atomic mass is 9.47. The molecule has 4 aliphatic rings. The van der Waals surface area contributed by atoms with Crippen molar-refractivity contribution in [3.8, 4) is 0 Å². The van der Waals surface area contributed by atoms with E-state index in [4.69, 9.17) is 4.74 Å². The minimum Gasteiger partial charge on any atom is -0.458 e. The molecular weight excluding hydrogens is 370 g/mol. The Morgan fingerprint density at radius 1 is 1.03 bits per heavy atom. The van der Waals surface area contributed by atoms with Crippen LogP contribution in [-0.4, -0.2) is 36.6 Å². The van der Waals surface area contributed by atoms with Crippen LogP contribution in [0.1, 0.15) is 76.1 Å². The lowest BCUT2D eigenvalue weighted by molar-refractivity contribution is -0.132. The maximum Gasteiger partial charge on any atom is 0.338 e. The molecule has 4 fully saturated rings. The van der Waals surface area contributed by atoms with Crippen molar-refractivity contribution in [3.63, 3.8) is 0 Å². The zero-order valence-corrected chi connectivity index (χ0v) is 19.3. The standard InChI is InChI=1S/C27H39NO2/c1-18-17-22-20-11-12-23-26(2,14-8-16-28(23)4)21(20)13-15-27(22,3)24(18)30-25(29)19-9-6-5-7-10-19/h5-7,9-10,18,20-24H,8,11-17H2,1-4H3/t18-,20+,21-,22-,23+,24-,26+,27-/m0/s1. The fourth-order valence-electron chi connectivity index (χ4n) is 8.70. The Kier molecular flexibility index (Phi) is 5.04. The number of likely N-dealkylation sites (tertiary alicyclic amines) is 1. The van der Waals surface area contributed by atoms with Crippen LogP contribution >= 0.6 is 0 Å². The smallest absolute Gasteiger partial charge is 0.338 e. The Morgan fingerprint density at radius 2 is 1.80 bits per heavy atom. The molecule has 164 valence electrons. The van der Waals surface area contributed by atoms with E-state index in [9.17, 15) is 4.79 Å². The van der Waals surface area contributed by atoms with Crippen molar-refractivity contribution in [1.82, 2.24) is 4.90 Å². The van der Waals surface area contributed by atoms with Gasteiger partial charge >= 0.3 is 5.97 Å². The van der Waals surface area contributed by atoms with Gasteiger partial charge in [0.15, 0.2) is 0 Å². The first-order valence-electron chi connectivity index (χ1n) is 12.3. The van der Waals surface area contributed by atoms with E-state index in [2.05, 4.69) is 32.7 Å². The molecule has 0 amide bonds. The molecule has 0 radical (unpaired) electrons. The molecular formula is C27H39NO2. The summed E-state index contributed by atoms with van der Waals surface area (Å²) >= 11 is 0. The highest BCUT2D eigenvalue weighted by Crippen LogP contribution is 2.66. The highest BCUT2D eigenvalue weighted by atomic mass is 16.5. The molecule has 0 N–H and O–H groups in total. The third-order valence-corrected chi connectivity index (χ3v) is 10.1. The van der Waals surface area contributed by atoms with Gasteiger partial charge in [-0.05, 0) is 99.8 Å². The number of carbonyl (C=O) groups is 1. The van der Waals surface area contributed by atoms with Crippen molar-refractivity contribution in [1.29, 1.82) is 0 Å². The highest BCUT2D eigenvalue weighted by Gasteiger charge is 2.62. The molecule has 1 saturated heterocycles. The van der Waals surface area contributed by atoms with E-state index in [1.165, 1.54) is 51.5 Å². The molecule has 30 heavy (non-hydrogen) atoms. The number of hydrogen-bond donors (Lipinski definition) is 0. The quantitative estimate of drug-likeness (QED) is 0.579. The predicted octanol–water partition coefficient (Wildman–Crippen LogP) is 5.79. The minimum absolute atomic E-state index is 0.0516. The van der Waals surface area contributed by atoms with Gasteiger partial charge in [0.05, 0.1) is 5.56 Å². The van der Waals surface area contributed by atoms with Crippen LogP contribution in [0.4, 0.5) is 0 Å². The molecule has 3 saturated carbocycles. The molecule has 1 aromatic carbocycles. The van der Waals surface area contributed by atoms with Gasteiger partial charge in [0.25, 0.3) is 0 Å². The number of benzene rings is 1. The van der Waals surface area contributed by atoms with Crippen LogP contribution in [0, 0.1) is 34.5 Å². The fourth-order valence-corrected chi connectivity index (χ4v) is 8.70. The third kappa shape index (κ3) is 2.98. The second-order valence-corrected chi connectivity index (χ2v) is 11.5. The molecule has 3 aliphatic carbocycles. The van der Waals surface area contributed by atoms with E-state index in [-0.39, 0.29) is 17.5 Å². The molecule has 3 heteroatoms. The molecule has 1 heterocycles. The number of hydrogen-bond acceptors (Lipinski definition) is 3. The van der Waals surface area contributed by atoms with Crippen LogP contribution in [0.2, 0.25) is 0 Å². The van der Waals surface area contributed by atoms with Crippen LogP contribution in [-0.2, 0) is 4.74 Å². The number of nitrogens with zero attached hydrogens (tertiary/aromatic N) is 1. The van der Waals surface area contributed by atoms with Crippen LogP contribution in [0.15, 0.2) is 30.3 Å². The van der Waals surface area contributed by atoms with Crippen molar-refractivity contribution >= 4 is 5.97 Å². The number of carbonyl (C=O) groups excluding carboxylic acids is 1. The van der Waals surface area contributed by atoms with Gasteiger partial charge in [-0.25, -0.2) is 4.79 Å². The van der Waals surface area contributed by atoms with Gasteiger partial charge in [-0.3, -0.25) is 0 Å². The van der Waals surface area contributed by atoms with E-state index >= 15 is 0 Å². The van der Waals surface area contributed by atoms with Crippen molar-refractivity contribution < 1.29 is 9.53 Å². The average molecular weight is 410 g/mol. The maximum absolute atomic E-state index is 12.9. The summed E-state index contributed by atoms with van der Waals surface area (Å²) in [6.07, 6.45) is 9.26. The number of ether oxygens (including phenoxy) is 1. The molecule has 0 spiro atoms. The normalized spacial score (nSPS) is 45.9. The van der Waals surface area contributed by atoms with Crippen molar-refractivity contribution in [2.24, 2.45) is 34.5 Å². The topological polar surface area (TPSA) is 29.5 Å². The van der Waals surface area contributed by atoms with Crippen LogP contribution in [0.25, 0.3) is 0 Å². The molecule has 3 nitrogen and oxygen atoms in total. The lowest BCUT2D eigenvalue weighted by Gasteiger charge is -2.61. The van der Waals surface area contributed by atoms with E-state index < -0.39 is 0 Å². The van der Waals surface area contributed by atoms with E-state index in [0.717, 1.165) is 17.9 Å². The summed E-state index contributed by atoms with van der Waals surface area (Å²) < 4.78 is 6.26. The number of fused-ring (bicyclic) bond motifs is 5. The highest BCUT2D eigenvalue weighted by molar-refractivity contribution is 5.89. The van der Waals surface area contributed by atoms with Gasteiger partial charge in [0, 0.05) is 11.5 Å². The van der Waals surface area contributed by atoms with Crippen LogP contribution < -0.4 is 0 Å². The fraction of sp³-hybridized carbons (Fsp3) is 0.741. The SMILES string of the molecule is C[C@H]1C[C@H]2[C@@H]3CC[C@H]4N(C)CCC[C@]4(C)[C@H]3CC[C@]2(C)[C@H]1OC(=O)c1ccccc1. The summed E-state index contributed by atoms with van der Waals surface area (Å²) in [7, 11) is 2.35. The van der Waals surface area contributed by atoms with Crippen LogP contribution in [0.3, 0.4) is 0 Å². The van der Waals surface area contributed by atoms with Gasteiger partial charge in [-0.2, -0.15) is 0 Å². The van der Waals surface area contributed by atoms with Gasteiger partial charge < -0.3 is 9.64 Å². The zero-order chi connectivity index (χ0) is 21.1. The van der Waals surface area contributed by atoms with E-state index in [1.807, 2.05) is 30.3 Å². The molecule has 0 bridgehead atoms. The molecule has 0 unspecified atom stereocenters. The Bertz CT molecular complexity index is 793. The zero-order valence-electron chi connectivity index (χ0n) is 19.3. The van der Waals surface area contributed by atoms with Crippen molar-refractivity contribution in [2.45, 2.75) is 77.9 Å². The van der Waals surface area contributed by atoms with Gasteiger partial charge in [-0.15, -0.1) is 0 Å². The maximum atomic E-state index is 12.9. The Hall–Kier alpha value is -1.35. The second-order valence-electron chi connectivity index (χ2n) is 11.5. The lowest BCUT2D eigenvalue weighted by Crippen LogP contribution is -2.60. The average Bonchev–Trinajstić information content (AvgIpc) is 2.99. The molecule has 1 aromatic rings. The Morgan fingerprint density at radius 3 is 2.57 bits per heavy atom. The number of rotatable bonds is 2. The largest absolute Gasteiger partial charge is 0.458 e. The summed E-state index contributed by atoms with van der Waals surface area (Å²) in [5, 5.41) is 0. The first kappa shape index (κ1) is 20.5. The van der Waals surface area contributed by atoms with Gasteiger partial charge in [0.2, 0.25) is 0 Å². The molecule has 5 rings (SSSR count).